The molecule has 186 valence electrons. The Kier molecular flexibility index (Phi) is 6.56. The number of hydrogen-bond donors (Lipinski definition) is 1. The maximum atomic E-state index is 12.8. The maximum Gasteiger partial charge on any atom is 0.334 e. The monoisotopic (exact) mass is 476 g/mol. The molecule has 3 aliphatic rings. The van der Waals surface area contributed by atoms with Crippen LogP contribution in [0.15, 0.2) is 36.5 Å². The zero-order valence-corrected chi connectivity index (χ0v) is 20.2. The average molecular weight is 477 g/mol. The van der Waals surface area contributed by atoms with E-state index in [9.17, 15) is 24.3 Å². The first-order valence-electron chi connectivity index (χ1n) is 11.1. The van der Waals surface area contributed by atoms with Crippen molar-refractivity contribution < 1.29 is 43.2 Å². The molecule has 1 saturated heterocycles. The second-order valence-electron chi connectivity index (χ2n) is 10.0. The van der Waals surface area contributed by atoms with E-state index >= 15 is 0 Å². The highest BCUT2D eigenvalue weighted by Gasteiger charge is 2.72. The summed E-state index contributed by atoms with van der Waals surface area (Å²) in [5.74, 6) is -4.65. The van der Waals surface area contributed by atoms with Gasteiger partial charge in [0, 0.05) is 29.6 Å². The summed E-state index contributed by atoms with van der Waals surface area (Å²) in [6, 6.07) is 0. The van der Waals surface area contributed by atoms with Gasteiger partial charge in [-0.15, -0.1) is 0 Å². The van der Waals surface area contributed by atoms with E-state index in [0.29, 0.717) is 0 Å². The number of carbonyl (C=O) groups is 4. The van der Waals surface area contributed by atoms with Crippen molar-refractivity contribution in [1.29, 1.82) is 0 Å². The van der Waals surface area contributed by atoms with Crippen molar-refractivity contribution in [2.75, 3.05) is 0 Å². The summed E-state index contributed by atoms with van der Waals surface area (Å²) in [6.45, 7) is 18.5. The van der Waals surface area contributed by atoms with Gasteiger partial charge in [-0.3, -0.25) is 4.79 Å². The summed E-state index contributed by atoms with van der Waals surface area (Å²) in [4.78, 5) is 50.1. The lowest BCUT2D eigenvalue weighted by molar-refractivity contribution is -0.293. The topological polar surface area (TPSA) is 125 Å². The predicted molar refractivity (Wildman–Crippen MR) is 119 cm³/mol. The molecule has 0 radical (unpaired) electrons. The van der Waals surface area contributed by atoms with E-state index in [1.165, 1.54) is 20.8 Å². The van der Waals surface area contributed by atoms with E-state index < -0.39 is 71.1 Å². The van der Waals surface area contributed by atoms with Gasteiger partial charge in [0.1, 0.15) is 18.3 Å². The molecule has 1 heterocycles. The van der Waals surface area contributed by atoms with Gasteiger partial charge in [-0.2, -0.15) is 0 Å². The van der Waals surface area contributed by atoms with Crippen LogP contribution in [0.25, 0.3) is 0 Å². The lowest BCUT2D eigenvalue weighted by Crippen LogP contribution is -2.75. The molecule has 0 spiro atoms. The first-order valence-corrected chi connectivity index (χ1v) is 11.1. The first-order chi connectivity index (χ1) is 15.6. The number of rotatable bonds is 5. The predicted octanol–water partition coefficient (Wildman–Crippen LogP) is 2.17. The first kappa shape index (κ1) is 25.7. The van der Waals surface area contributed by atoms with Gasteiger partial charge in [0.2, 0.25) is 0 Å². The molecule has 1 unspecified atom stereocenters. The largest absolute Gasteiger partial charge is 0.462 e. The third-order valence-electron chi connectivity index (χ3n) is 7.28. The van der Waals surface area contributed by atoms with E-state index in [2.05, 4.69) is 19.7 Å². The Hall–Kier alpha value is -2.94. The Morgan fingerprint density at radius 2 is 1.53 bits per heavy atom. The standard InChI is InChI=1S/C25H32O9/c1-11(2)21(27)32-17-16-13(5)23(29)34-20(18(16)33-22(28)12(3)4)25(8)15(31-14(6)26)9-10-24(7,30)19(17)25/h15-20,30H,1,3,5,9-10H2,2,4,6-8H3/t15-,16-,17?,18-,19+,20-,24-,25+/m0/s1. The van der Waals surface area contributed by atoms with Crippen LogP contribution in [-0.4, -0.2) is 59.0 Å². The van der Waals surface area contributed by atoms with Crippen molar-refractivity contribution in [3.8, 4) is 0 Å². The van der Waals surface area contributed by atoms with Crippen molar-refractivity contribution in [1.82, 2.24) is 0 Å². The van der Waals surface area contributed by atoms with Crippen molar-refractivity contribution in [2.45, 2.75) is 77.5 Å². The summed E-state index contributed by atoms with van der Waals surface area (Å²) in [7, 11) is 0. The molecule has 3 fully saturated rings. The second-order valence-corrected chi connectivity index (χ2v) is 10.0. The van der Waals surface area contributed by atoms with Crippen LogP contribution in [0.5, 0.6) is 0 Å². The fourth-order valence-electron chi connectivity index (χ4n) is 5.79. The van der Waals surface area contributed by atoms with Gasteiger partial charge in [-0.25, -0.2) is 14.4 Å². The van der Waals surface area contributed by atoms with E-state index in [1.807, 2.05) is 0 Å². The Bertz CT molecular complexity index is 977. The molecule has 0 aromatic heterocycles. The van der Waals surface area contributed by atoms with Gasteiger partial charge in [-0.1, -0.05) is 26.7 Å². The number of fused-ring (bicyclic) bond motifs is 4. The van der Waals surface area contributed by atoms with Crippen molar-refractivity contribution in [2.24, 2.45) is 17.3 Å². The number of carbonyl (C=O) groups excluding carboxylic acids is 4. The zero-order chi connectivity index (χ0) is 25.7. The SMILES string of the molecule is C=C(C)C(=O)OC1[C@@H]2C(=C)C(=O)O[C@@H]([C@H]2OC(=O)C(=C)C)[C@]2(C)[C@@H](OC(C)=O)CC[C@](C)(O)[C@@H]12. The third-order valence-corrected chi connectivity index (χ3v) is 7.28. The number of ether oxygens (including phenoxy) is 4. The molecule has 0 amide bonds. The summed E-state index contributed by atoms with van der Waals surface area (Å²) in [5, 5.41) is 11.5. The molecule has 1 N–H and O–H groups in total. The quantitative estimate of drug-likeness (QED) is 0.361. The fourth-order valence-corrected chi connectivity index (χ4v) is 5.79. The number of esters is 4. The fraction of sp³-hybridized carbons (Fsp3) is 0.600. The lowest BCUT2D eigenvalue weighted by atomic mass is 9.48. The molecule has 9 nitrogen and oxygen atoms in total. The molecular weight excluding hydrogens is 444 g/mol. The minimum Gasteiger partial charge on any atom is -0.462 e. The van der Waals surface area contributed by atoms with Gasteiger partial charge in [0.05, 0.1) is 16.9 Å². The Morgan fingerprint density at radius 3 is 2.03 bits per heavy atom. The van der Waals surface area contributed by atoms with Crippen LogP contribution in [0, 0.1) is 17.3 Å². The van der Waals surface area contributed by atoms with Gasteiger partial charge in [-0.05, 0) is 33.6 Å². The van der Waals surface area contributed by atoms with Crippen LogP contribution in [0.3, 0.4) is 0 Å². The highest BCUT2D eigenvalue weighted by molar-refractivity contribution is 5.92. The normalized spacial score (nSPS) is 38.6. The Morgan fingerprint density at radius 1 is 1.00 bits per heavy atom. The van der Waals surface area contributed by atoms with Gasteiger partial charge in [0.15, 0.2) is 6.10 Å². The van der Waals surface area contributed by atoms with Crippen LogP contribution < -0.4 is 0 Å². The molecule has 0 aromatic carbocycles. The highest BCUT2D eigenvalue weighted by Crippen LogP contribution is 2.61. The third kappa shape index (κ3) is 4.06. The summed E-state index contributed by atoms with van der Waals surface area (Å²) < 4.78 is 22.9. The molecular formula is C25H32O9. The van der Waals surface area contributed by atoms with E-state index in [-0.39, 0.29) is 29.6 Å². The smallest absolute Gasteiger partial charge is 0.334 e. The zero-order valence-electron chi connectivity index (χ0n) is 20.2. The van der Waals surface area contributed by atoms with E-state index in [4.69, 9.17) is 18.9 Å². The molecule has 2 saturated carbocycles. The van der Waals surface area contributed by atoms with Crippen LogP contribution in [0.1, 0.15) is 47.5 Å². The second kappa shape index (κ2) is 8.69. The molecule has 9 heteroatoms. The van der Waals surface area contributed by atoms with Crippen molar-refractivity contribution in [3.63, 3.8) is 0 Å². The molecule has 34 heavy (non-hydrogen) atoms. The minimum absolute atomic E-state index is 0.0530. The summed E-state index contributed by atoms with van der Waals surface area (Å²) in [6.07, 6.45) is -3.73. The lowest BCUT2D eigenvalue weighted by Gasteiger charge is -2.64. The summed E-state index contributed by atoms with van der Waals surface area (Å²) in [5.41, 5.74) is -2.52. The maximum absolute atomic E-state index is 12.8. The minimum atomic E-state index is -1.41. The average Bonchev–Trinajstić information content (AvgIpc) is 2.70. The van der Waals surface area contributed by atoms with E-state index in [0.717, 1.165) is 0 Å². The van der Waals surface area contributed by atoms with Crippen molar-refractivity contribution >= 4 is 23.9 Å². The van der Waals surface area contributed by atoms with Crippen LogP contribution in [0.4, 0.5) is 0 Å². The molecule has 2 aliphatic carbocycles. The number of hydrogen-bond acceptors (Lipinski definition) is 9. The van der Waals surface area contributed by atoms with Crippen LogP contribution in [-0.2, 0) is 38.1 Å². The Labute approximate surface area is 198 Å². The molecule has 1 aliphatic heterocycles. The van der Waals surface area contributed by atoms with Crippen LogP contribution in [0.2, 0.25) is 0 Å². The van der Waals surface area contributed by atoms with Crippen molar-refractivity contribution in [3.05, 3.63) is 36.5 Å². The van der Waals surface area contributed by atoms with E-state index in [1.54, 1.807) is 13.8 Å². The molecule has 0 aromatic rings. The van der Waals surface area contributed by atoms with Gasteiger partial charge >= 0.3 is 23.9 Å². The van der Waals surface area contributed by atoms with Gasteiger partial charge in [0.25, 0.3) is 0 Å². The number of aliphatic hydroxyl groups is 1. The molecule has 8 atom stereocenters. The Balaban J connectivity index is 2.26. The molecule has 3 rings (SSSR count). The highest BCUT2D eigenvalue weighted by atomic mass is 16.6. The molecule has 2 bridgehead atoms. The van der Waals surface area contributed by atoms with Gasteiger partial charge < -0.3 is 24.1 Å². The van der Waals surface area contributed by atoms with Crippen LogP contribution >= 0.6 is 0 Å². The summed E-state index contributed by atoms with van der Waals surface area (Å²) >= 11 is 0.